The normalized spacial score (nSPS) is 16.8. The summed E-state index contributed by atoms with van der Waals surface area (Å²) in [4.78, 5) is 16.1. The summed E-state index contributed by atoms with van der Waals surface area (Å²) in [5.74, 6) is 0.0309. The van der Waals surface area contributed by atoms with Crippen LogP contribution in [0.15, 0.2) is 66.0 Å². The van der Waals surface area contributed by atoms with Crippen LogP contribution in [0.3, 0.4) is 0 Å². The first-order valence-electron chi connectivity index (χ1n) is 7.53. The molecule has 23 heavy (non-hydrogen) atoms. The molecule has 1 amide bonds. The second kappa shape index (κ2) is 5.56. The van der Waals surface area contributed by atoms with E-state index in [2.05, 4.69) is 11.4 Å². The van der Waals surface area contributed by atoms with Crippen LogP contribution in [0.1, 0.15) is 27.0 Å². The van der Waals surface area contributed by atoms with Crippen LogP contribution in [-0.4, -0.2) is 5.91 Å². The Morgan fingerprint density at radius 1 is 1.04 bits per heavy atom. The summed E-state index contributed by atoms with van der Waals surface area (Å²) < 4.78 is 0. The molecule has 1 aliphatic rings. The van der Waals surface area contributed by atoms with E-state index in [-0.39, 0.29) is 12.1 Å². The molecule has 1 atom stereocenters. The second-order valence-corrected chi connectivity index (χ2v) is 6.60. The number of rotatable bonds is 2. The summed E-state index contributed by atoms with van der Waals surface area (Å²) in [6.07, 6.45) is -0.181. The fourth-order valence-corrected chi connectivity index (χ4v) is 3.71. The Labute approximate surface area is 139 Å². The van der Waals surface area contributed by atoms with E-state index in [1.165, 1.54) is 0 Å². The zero-order valence-corrected chi connectivity index (χ0v) is 13.5. The average molecular weight is 320 g/mol. The van der Waals surface area contributed by atoms with Crippen LogP contribution in [0.4, 0.5) is 11.4 Å². The summed E-state index contributed by atoms with van der Waals surface area (Å²) in [5, 5.41) is 5.55. The Hall–Kier alpha value is -2.59. The molecule has 4 heteroatoms. The van der Waals surface area contributed by atoms with Crippen molar-refractivity contribution < 1.29 is 4.79 Å². The van der Waals surface area contributed by atoms with E-state index >= 15 is 0 Å². The van der Waals surface area contributed by atoms with Crippen molar-refractivity contribution in [3.05, 3.63) is 82.0 Å². The van der Waals surface area contributed by atoms with Gasteiger partial charge in [-0.1, -0.05) is 30.3 Å². The molecule has 4 rings (SSSR count). The number of hydrogen-bond acceptors (Lipinski definition) is 3. The molecular weight excluding hydrogens is 304 g/mol. The molecule has 114 valence electrons. The van der Waals surface area contributed by atoms with Crippen LogP contribution in [0.25, 0.3) is 0 Å². The van der Waals surface area contributed by atoms with Gasteiger partial charge in [-0.15, -0.1) is 11.3 Å². The Kier molecular flexibility index (Phi) is 3.39. The quantitative estimate of drug-likeness (QED) is 0.733. The molecule has 2 aromatic carbocycles. The molecule has 0 bridgehead atoms. The predicted molar refractivity (Wildman–Crippen MR) is 95.1 cm³/mol. The molecule has 0 spiro atoms. The number of nitrogens with zero attached hydrogens (tertiary/aromatic N) is 1. The Morgan fingerprint density at radius 3 is 2.70 bits per heavy atom. The standard InChI is InChI=1S/C19H16N2OS/c1-13-6-4-7-14(12-13)21-18(17-10-5-11-23-17)20-16-9-3-2-8-15(16)19(21)22/h2-12,18,20H,1H3/t18-/m1/s1. The number of benzene rings is 2. The van der Waals surface area contributed by atoms with Crippen molar-refractivity contribution in [1.29, 1.82) is 0 Å². The molecule has 3 aromatic rings. The van der Waals surface area contributed by atoms with Gasteiger partial charge >= 0.3 is 0 Å². The lowest BCUT2D eigenvalue weighted by Gasteiger charge is -2.37. The Balaban J connectivity index is 1.87. The average Bonchev–Trinajstić information content (AvgIpc) is 3.09. The lowest BCUT2D eigenvalue weighted by Crippen LogP contribution is -2.42. The summed E-state index contributed by atoms with van der Waals surface area (Å²) in [5.41, 5.74) is 3.65. The van der Waals surface area contributed by atoms with Crippen molar-refractivity contribution in [3.8, 4) is 0 Å². The smallest absolute Gasteiger partial charge is 0.262 e. The molecule has 3 nitrogen and oxygen atoms in total. The summed E-state index contributed by atoms with van der Waals surface area (Å²) in [6.45, 7) is 2.04. The molecule has 0 saturated heterocycles. The monoisotopic (exact) mass is 320 g/mol. The molecule has 0 saturated carbocycles. The highest BCUT2D eigenvalue weighted by atomic mass is 32.1. The number of fused-ring (bicyclic) bond motifs is 1. The van der Waals surface area contributed by atoms with Crippen LogP contribution in [0, 0.1) is 6.92 Å². The summed E-state index contributed by atoms with van der Waals surface area (Å²) in [6, 6.07) is 19.8. The van der Waals surface area contributed by atoms with Gasteiger partial charge in [-0.05, 0) is 48.2 Å². The minimum absolute atomic E-state index is 0.0309. The van der Waals surface area contributed by atoms with Crippen molar-refractivity contribution in [3.63, 3.8) is 0 Å². The summed E-state index contributed by atoms with van der Waals surface area (Å²) in [7, 11) is 0. The zero-order valence-electron chi connectivity index (χ0n) is 12.7. The van der Waals surface area contributed by atoms with E-state index in [4.69, 9.17) is 0 Å². The molecule has 0 fully saturated rings. The van der Waals surface area contributed by atoms with Gasteiger partial charge < -0.3 is 5.32 Å². The first-order valence-corrected chi connectivity index (χ1v) is 8.41. The molecule has 2 heterocycles. The maximum atomic E-state index is 13.1. The number of hydrogen-bond donors (Lipinski definition) is 1. The SMILES string of the molecule is Cc1cccc(N2C(=O)c3ccccc3N[C@H]2c2cccs2)c1. The van der Waals surface area contributed by atoms with Gasteiger partial charge in [0.15, 0.2) is 0 Å². The van der Waals surface area contributed by atoms with E-state index < -0.39 is 0 Å². The van der Waals surface area contributed by atoms with Gasteiger partial charge in [0.05, 0.1) is 5.56 Å². The van der Waals surface area contributed by atoms with Crippen LogP contribution in [-0.2, 0) is 0 Å². The number of nitrogens with one attached hydrogen (secondary N) is 1. The molecule has 0 aliphatic carbocycles. The van der Waals surface area contributed by atoms with E-state index in [9.17, 15) is 4.79 Å². The highest BCUT2D eigenvalue weighted by molar-refractivity contribution is 7.10. The molecular formula is C19H16N2OS. The van der Waals surface area contributed by atoms with Gasteiger partial charge in [-0.25, -0.2) is 0 Å². The second-order valence-electron chi connectivity index (χ2n) is 5.62. The van der Waals surface area contributed by atoms with Crippen LogP contribution in [0.2, 0.25) is 0 Å². The highest BCUT2D eigenvalue weighted by Crippen LogP contribution is 2.38. The highest BCUT2D eigenvalue weighted by Gasteiger charge is 2.34. The predicted octanol–water partition coefficient (Wildman–Crippen LogP) is 4.83. The lowest BCUT2D eigenvalue weighted by atomic mass is 10.1. The maximum absolute atomic E-state index is 13.1. The molecule has 0 radical (unpaired) electrons. The van der Waals surface area contributed by atoms with Crippen LogP contribution >= 0.6 is 11.3 Å². The zero-order chi connectivity index (χ0) is 15.8. The largest absolute Gasteiger partial charge is 0.360 e. The fraction of sp³-hybridized carbons (Fsp3) is 0.105. The van der Waals surface area contributed by atoms with Gasteiger partial charge in [0.2, 0.25) is 0 Å². The van der Waals surface area contributed by atoms with E-state index in [0.717, 1.165) is 21.8 Å². The topological polar surface area (TPSA) is 32.3 Å². The number of anilines is 2. The minimum Gasteiger partial charge on any atom is -0.360 e. The first-order chi connectivity index (χ1) is 11.2. The third-order valence-electron chi connectivity index (χ3n) is 4.02. The van der Waals surface area contributed by atoms with Gasteiger partial charge in [-0.2, -0.15) is 0 Å². The van der Waals surface area contributed by atoms with E-state index in [1.54, 1.807) is 11.3 Å². The summed E-state index contributed by atoms with van der Waals surface area (Å²) >= 11 is 1.65. The maximum Gasteiger partial charge on any atom is 0.262 e. The Bertz CT molecular complexity index is 857. The molecule has 1 N–H and O–H groups in total. The third-order valence-corrected chi connectivity index (χ3v) is 4.94. The first kappa shape index (κ1) is 14.0. The van der Waals surface area contributed by atoms with Crippen LogP contribution in [0.5, 0.6) is 0 Å². The Morgan fingerprint density at radius 2 is 1.91 bits per heavy atom. The number of carbonyl (C=O) groups excluding carboxylic acids is 1. The van der Waals surface area contributed by atoms with Gasteiger partial charge in [0.25, 0.3) is 5.91 Å². The third kappa shape index (κ3) is 2.41. The number of amides is 1. The fourth-order valence-electron chi connectivity index (χ4n) is 2.94. The van der Waals surface area contributed by atoms with E-state index in [0.29, 0.717) is 5.56 Å². The number of aryl methyl sites for hydroxylation is 1. The number of thiophene rings is 1. The van der Waals surface area contributed by atoms with Gasteiger partial charge in [0, 0.05) is 16.3 Å². The van der Waals surface area contributed by atoms with Gasteiger partial charge in [0.1, 0.15) is 6.17 Å². The van der Waals surface area contributed by atoms with E-state index in [1.807, 2.05) is 71.8 Å². The van der Waals surface area contributed by atoms with Crippen molar-refractivity contribution in [1.82, 2.24) is 0 Å². The van der Waals surface area contributed by atoms with Crippen molar-refractivity contribution >= 4 is 28.6 Å². The molecule has 1 aromatic heterocycles. The van der Waals surface area contributed by atoms with Crippen molar-refractivity contribution in [2.24, 2.45) is 0 Å². The van der Waals surface area contributed by atoms with Crippen LogP contribution < -0.4 is 10.2 Å². The number of carbonyl (C=O) groups is 1. The minimum atomic E-state index is -0.181. The number of para-hydroxylation sites is 1. The molecule has 1 aliphatic heterocycles. The molecule has 0 unspecified atom stereocenters. The lowest BCUT2D eigenvalue weighted by molar-refractivity contribution is 0.0975. The van der Waals surface area contributed by atoms with Gasteiger partial charge in [-0.3, -0.25) is 9.69 Å². The van der Waals surface area contributed by atoms with Crippen molar-refractivity contribution in [2.75, 3.05) is 10.2 Å². The van der Waals surface area contributed by atoms with Crippen molar-refractivity contribution in [2.45, 2.75) is 13.1 Å².